The van der Waals surface area contributed by atoms with Gasteiger partial charge in [0.15, 0.2) is 13.6 Å². The van der Waals surface area contributed by atoms with Crippen molar-refractivity contribution in [3.05, 3.63) is 57.1 Å². The molecule has 0 saturated heterocycles. The van der Waals surface area contributed by atoms with Gasteiger partial charge in [0.05, 0.1) is 5.56 Å². The Labute approximate surface area is 179 Å². The van der Waals surface area contributed by atoms with E-state index in [1.54, 1.807) is 20.3 Å². The predicted molar refractivity (Wildman–Crippen MR) is 113 cm³/mol. The molecule has 0 N–H and O–H groups in total. The van der Waals surface area contributed by atoms with Gasteiger partial charge in [0.1, 0.15) is 11.5 Å². The summed E-state index contributed by atoms with van der Waals surface area (Å²) in [5.41, 5.74) is 3.73. The summed E-state index contributed by atoms with van der Waals surface area (Å²) in [4.78, 5) is 15.2. The molecule has 0 radical (unpaired) electrons. The summed E-state index contributed by atoms with van der Waals surface area (Å²) in [5.74, 6) is 1.16. The molecule has 6 nitrogen and oxygen atoms in total. The highest BCUT2D eigenvalue weighted by Gasteiger charge is 2.28. The molecule has 7 heteroatoms. The van der Waals surface area contributed by atoms with E-state index in [0.717, 1.165) is 21.2 Å². The number of nitrogens with zero attached hydrogens (tertiary/aromatic N) is 1. The van der Waals surface area contributed by atoms with Gasteiger partial charge in [-0.3, -0.25) is 4.79 Å². The second kappa shape index (κ2) is 9.61. The monoisotopic (exact) mass is 463 g/mol. The number of fused-ring (bicyclic) bond motifs is 1. The van der Waals surface area contributed by atoms with Crippen LogP contribution < -0.4 is 9.47 Å². The van der Waals surface area contributed by atoms with Crippen molar-refractivity contribution in [3.63, 3.8) is 0 Å². The van der Waals surface area contributed by atoms with Crippen LogP contribution in [0.25, 0.3) is 0 Å². The second-order valence-electron chi connectivity index (χ2n) is 7.22. The molecule has 156 valence electrons. The molecule has 0 bridgehead atoms. The first-order valence-electron chi connectivity index (χ1n) is 9.42. The number of benzene rings is 2. The van der Waals surface area contributed by atoms with Crippen LogP contribution in [0.5, 0.6) is 11.5 Å². The summed E-state index contributed by atoms with van der Waals surface area (Å²) in [6.07, 6.45) is 0. The zero-order valence-corrected chi connectivity index (χ0v) is 18.7. The van der Waals surface area contributed by atoms with E-state index in [-0.39, 0.29) is 25.4 Å². The first kappa shape index (κ1) is 21.6. The lowest BCUT2D eigenvalue weighted by Gasteiger charge is -2.21. The van der Waals surface area contributed by atoms with Crippen LogP contribution in [0.3, 0.4) is 0 Å². The molecule has 0 spiro atoms. The highest BCUT2D eigenvalue weighted by Crippen LogP contribution is 2.36. The van der Waals surface area contributed by atoms with Gasteiger partial charge in [0.25, 0.3) is 5.91 Å². The molecule has 0 fully saturated rings. The van der Waals surface area contributed by atoms with Crippen LogP contribution in [0.2, 0.25) is 0 Å². The lowest BCUT2D eigenvalue weighted by molar-refractivity contribution is 0.0443. The molecule has 1 amide bonds. The quantitative estimate of drug-likeness (QED) is 0.531. The lowest BCUT2D eigenvalue weighted by Crippen LogP contribution is -2.26. The van der Waals surface area contributed by atoms with Gasteiger partial charge in [0, 0.05) is 37.8 Å². The number of hydrogen-bond donors (Lipinski definition) is 0. The Morgan fingerprint density at radius 1 is 1.00 bits per heavy atom. The zero-order valence-electron chi connectivity index (χ0n) is 17.2. The van der Waals surface area contributed by atoms with Gasteiger partial charge in [-0.25, -0.2) is 0 Å². The van der Waals surface area contributed by atoms with Crippen molar-refractivity contribution >= 4 is 21.8 Å². The van der Waals surface area contributed by atoms with Gasteiger partial charge in [-0.05, 0) is 40.8 Å². The number of hydrogen-bond acceptors (Lipinski definition) is 5. The fourth-order valence-electron chi connectivity index (χ4n) is 3.36. The van der Waals surface area contributed by atoms with Crippen molar-refractivity contribution in [1.82, 2.24) is 4.90 Å². The number of rotatable bonds is 8. The maximum Gasteiger partial charge on any atom is 0.258 e. The molecule has 3 rings (SSSR count). The second-order valence-corrected chi connectivity index (χ2v) is 8.13. The normalized spacial score (nSPS) is 13.0. The van der Waals surface area contributed by atoms with Crippen LogP contribution in [0.15, 0.2) is 34.8 Å². The van der Waals surface area contributed by atoms with Crippen LogP contribution in [0.4, 0.5) is 0 Å². The smallest absolute Gasteiger partial charge is 0.258 e. The largest absolute Gasteiger partial charge is 0.467 e. The van der Waals surface area contributed by atoms with E-state index in [9.17, 15) is 4.79 Å². The zero-order chi connectivity index (χ0) is 21.0. The Morgan fingerprint density at radius 3 is 2.31 bits per heavy atom. The fraction of sp³-hybridized carbons (Fsp3) is 0.409. The Kier molecular flexibility index (Phi) is 7.16. The molecular formula is C22H26BrNO5. The van der Waals surface area contributed by atoms with Crippen LogP contribution in [-0.4, -0.2) is 38.6 Å². The summed E-state index contributed by atoms with van der Waals surface area (Å²) in [6, 6.07) is 9.73. The van der Waals surface area contributed by atoms with E-state index in [1.165, 1.54) is 0 Å². The summed E-state index contributed by atoms with van der Waals surface area (Å²) >= 11 is 3.50. The molecule has 0 saturated carbocycles. The molecule has 2 aromatic rings. The lowest BCUT2D eigenvalue weighted by atomic mass is 9.98. The highest BCUT2D eigenvalue weighted by molar-refractivity contribution is 9.10. The molecule has 0 aliphatic carbocycles. The SMILES string of the molecule is COCOc1cc(OCOC)c(C(C)C)cc1C(=O)N1Cc2ccc(Br)cc2C1. The van der Waals surface area contributed by atoms with Gasteiger partial charge < -0.3 is 23.8 Å². The van der Waals surface area contributed by atoms with Gasteiger partial charge in [-0.2, -0.15) is 0 Å². The fourth-order valence-corrected chi connectivity index (χ4v) is 3.77. The standard InChI is InChI=1S/C22H26BrNO5/c1-14(2)18-8-19(21(29-13-27-4)9-20(18)28-12-26-3)22(25)24-10-15-5-6-17(23)7-16(15)11-24/h5-9,14H,10-13H2,1-4H3. The van der Waals surface area contributed by atoms with Crippen LogP contribution in [-0.2, 0) is 22.6 Å². The molecule has 1 aliphatic heterocycles. The van der Waals surface area contributed by atoms with Crippen LogP contribution >= 0.6 is 15.9 Å². The maximum atomic E-state index is 13.4. The Hall–Kier alpha value is -2.09. The van der Waals surface area contributed by atoms with Crippen molar-refractivity contribution in [2.75, 3.05) is 27.8 Å². The molecule has 1 heterocycles. The topological polar surface area (TPSA) is 57.2 Å². The number of methoxy groups -OCH3 is 2. The van der Waals surface area contributed by atoms with E-state index in [0.29, 0.717) is 30.2 Å². The third kappa shape index (κ3) is 4.91. The number of ether oxygens (including phenoxy) is 4. The number of carbonyl (C=O) groups is 1. The summed E-state index contributed by atoms with van der Waals surface area (Å²) in [5, 5.41) is 0. The minimum atomic E-state index is -0.0800. The van der Waals surface area contributed by atoms with Gasteiger partial charge >= 0.3 is 0 Å². The molecule has 29 heavy (non-hydrogen) atoms. The predicted octanol–water partition coefficient (Wildman–Crippen LogP) is 4.69. The first-order valence-corrected chi connectivity index (χ1v) is 10.2. The summed E-state index contributed by atoms with van der Waals surface area (Å²) < 4.78 is 22.5. The van der Waals surface area contributed by atoms with Crippen LogP contribution in [0, 0.1) is 0 Å². The van der Waals surface area contributed by atoms with Gasteiger partial charge in [0.2, 0.25) is 0 Å². The van der Waals surface area contributed by atoms with Crippen molar-refractivity contribution < 1.29 is 23.7 Å². The minimum Gasteiger partial charge on any atom is -0.467 e. The molecule has 2 aromatic carbocycles. The Bertz CT molecular complexity index is 884. The minimum absolute atomic E-state index is 0.0399. The van der Waals surface area contributed by atoms with E-state index >= 15 is 0 Å². The molecular weight excluding hydrogens is 438 g/mol. The van der Waals surface area contributed by atoms with Crippen molar-refractivity contribution in [2.45, 2.75) is 32.9 Å². The molecule has 0 atom stereocenters. The third-order valence-corrected chi connectivity index (χ3v) is 5.30. The van der Waals surface area contributed by atoms with Crippen molar-refractivity contribution in [2.24, 2.45) is 0 Å². The third-order valence-electron chi connectivity index (χ3n) is 4.81. The number of carbonyl (C=O) groups excluding carboxylic acids is 1. The molecule has 1 aliphatic rings. The van der Waals surface area contributed by atoms with E-state index < -0.39 is 0 Å². The summed E-state index contributed by atoms with van der Waals surface area (Å²) in [7, 11) is 3.11. The summed E-state index contributed by atoms with van der Waals surface area (Å²) in [6.45, 7) is 5.41. The van der Waals surface area contributed by atoms with E-state index in [1.807, 2.05) is 17.0 Å². The van der Waals surface area contributed by atoms with Gasteiger partial charge in [-0.1, -0.05) is 35.8 Å². The average Bonchev–Trinajstić information content (AvgIpc) is 3.12. The highest BCUT2D eigenvalue weighted by atomic mass is 79.9. The maximum absolute atomic E-state index is 13.4. The van der Waals surface area contributed by atoms with E-state index in [2.05, 4.69) is 41.9 Å². The molecule has 0 unspecified atom stereocenters. The van der Waals surface area contributed by atoms with Gasteiger partial charge in [-0.15, -0.1) is 0 Å². The first-order chi connectivity index (χ1) is 13.9. The van der Waals surface area contributed by atoms with Crippen molar-refractivity contribution in [1.29, 1.82) is 0 Å². The Morgan fingerprint density at radius 2 is 1.66 bits per heavy atom. The molecule has 0 aromatic heterocycles. The average molecular weight is 464 g/mol. The Balaban J connectivity index is 1.95. The van der Waals surface area contributed by atoms with Crippen LogP contribution in [0.1, 0.15) is 46.8 Å². The number of amides is 1. The van der Waals surface area contributed by atoms with E-state index in [4.69, 9.17) is 18.9 Å². The number of halogens is 1. The van der Waals surface area contributed by atoms with Crippen molar-refractivity contribution in [3.8, 4) is 11.5 Å².